The lowest BCUT2D eigenvalue weighted by Crippen LogP contribution is -2.51. The molecule has 0 aromatic carbocycles. The van der Waals surface area contributed by atoms with Gasteiger partial charge in [-0.3, -0.25) is 0 Å². The number of aliphatic hydroxyl groups excluding tert-OH is 1. The van der Waals surface area contributed by atoms with E-state index in [1.165, 1.54) is 0 Å². The average molecular weight is 129 g/mol. The van der Waals surface area contributed by atoms with E-state index in [0.29, 0.717) is 12.5 Å². The summed E-state index contributed by atoms with van der Waals surface area (Å²) in [5.41, 5.74) is 5.54. The molecule has 9 heavy (non-hydrogen) atoms. The van der Waals surface area contributed by atoms with Crippen LogP contribution in [0.1, 0.15) is 20.3 Å². The van der Waals surface area contributed by atoms with E-state index in [0.717, 1.165) is 6.42 Å². The highest BCUT2D eigenvalue weighted by molar-refractivity contribution is 4.96. The predicted molar refractivity (Wildman–Crippen MR) is 36.9 cm³/mol. The van der Waals surface area contributed by atoms with E-state index in [2.05, 4.69) is 13.8 Å². The highest BCUT2D eigenvalue weighted by atomic mass is 16.3. The molecule has 2 nitrogen and oxygen atoms in total. The third-order valence-electron chi connectivity index (χ3n) is 2.70. The molecule has 0 radical (unpaired) electrons. The molecule has 1 aliphatic carbocycles. The van der Waals surface area contributed by atoms with Gasteiger partial charge in [0.15, 0.2) is 0 Å². The molecule has 0 saturated heterocycles. The summed E-state index contributed by atoms with van der Waals surface area (Å²) in [6, 6.07) is 0. The molecule has 3 N–H and O–H groups in total. The van der Waals surface area contributed by atoms with Crippen LogP contribution in [-0.2, 0) is 0 Å². The molecule has 1 saturated carbocycles. The fraction of sp³-hybridized carbons (Fsp3) is 1.00. The van der Waals surface area contributed by atoms with Gasteiger partial charge in [0.25, 0.3) is 0 Å². The second kappa shape index (κ2) is 1.96. The van der Waals surface area contributed by atoms with Gasteiger partial charge in [0.05, 0.1) is 6.10 Å². The van der Waals surface area contributed by atoms with Crippen molar-refractivity contribution in [2.45, 2.75) is 26.4 Å². The van der Waals surface area contributed by atoms with Gasteiger partial charge in [-0.1, -0.05) is 13.8 Å². The summed E-state index contributed by atoms with van der Waals surface area (Å²) in [4.78, 5) is 0. The Bertz CT molecular complexity index is 111. The molecule has 54 valence electrons. The Morgan fingerprint density at radius 2 is 2.22 bits per heavy atom. The minimum absolute atomic E-state index is 0.0781. The lowest BCUT2D eigenvalue weighted by Gasteiger charge is -2.48. The maximum atomic E-state index is 9.22. The van der Waals surface area contributed by atoms with E-state index in [4.69, 9.17) is 5.73 Å². The van der Waals surface area contributed by atoms with Crippen molar-refractivity contribution >= 4 is 0 Å². The number of aliphatic hydroxyl groups is 1. The lowest BCUT2D eigenvalue weighted by molar-refractivity contribution is -0.0935. The van der Waals surface area contributed by atoms with Crippen LogP contribution in [0.4, 0.5) is 0 Å². The molecule has 1 aliphatic rings. The van der Waals surface area contributed by atoms with Crippen LogP contribution in [0.15, 0.2) is 0 Å². The van der Waals surface area contributed by atoms with Gasteiger partial charge >= 0.3 is 0 Å². The summed E-state index contributed by atoms with van der Waals surface area (Å²) in [7, 11) is 0. The average Bonchev–Trinajstić information content (AvgIpc) is 1.82. The third-order valence-corrected chi connectivity index (χ3v) is 2.70. The Balaban J connectivity index is 2.48. The topological polar surface area (TPSA) is 46.2 Å². The van der Waals surface area contributed by atoms with Gasteiger partial charge in [-0.2, -0.15) is 0 Å². The van der Waals surface area contributed by atoms with Gasteiger partial charge in [0, 0.05) is 0 Å². The smallest absolute Gasteiger partial charge is 0.0597 e. The van der Waals surface area contributed by atoms with Crippen molar-refractivity contribution in [3.8, 4) is 0 Å². The standard InChI is InChI=1S/C7H15NO/c1-7(2)5(4-8)3-6(7)9/h5-6,9H,3-4,8H2,1-2H3/t5-,6-/m1/s1. The van der Waals surface area contributed by atoms with Crippen molar-refractivity contribution in [3.63, 3.8) is 0 Å². The zero-order valence-corrected chi connectivity index (χ0v) is 6.09. The number of rotatable bonds is 1. The summed E-state index contributed by atoms with van der Waals surface area (Å²) in [5.74, 6) is 0.535. The van der Waals surface area contributed by atoms with E-state index in [-0.39, 0.29) is 11.5 Å². The van der Waals surface area contributed by atoms with Crippen molar-refractivity contribution in [1.82, 2.24) is 0 Å². The molecule has 0 spiro atoms. The molecule has 0 heterocycles. The van der Waals surface area contributed by atoms with Gasteiger partial charge < -0.3 is 10.8 Å². The maximum absolute atomic E-state index is 9.22. The first kappa shape index (κ1) is 7.03. The molecule has 0 bridgehead atoms. The number of hydrogen-bond acceptors (Lipinski definition) is 2. The maximum Gasteiger partial charge on any atom is 0.0597 e. The Hall–Kier alpha value is -0.0800. The van der Waals surface area contributed by atoms with Crippen molar-refractivity contribution in [2.75, 3.05) is 6.54 Å². The SMILES string of the molecule is CC1(C)[C@@H](CN)C[C@H]1O. The summed E-state index contributed by atoms with van der Waals surface area (Å²) in [5, 5.41) is 9.22. The molecule has 1 fully saturated rings. The van der Waals surface area contributed by atoms with Crippen molar-refractivity contribution in [1.29, 1.82) is 0 Å². The minimum Gasteiger partial charge on any atom is -0.393 e. The zero-order valence-electron chi connectivity index (χ0n) is 6.09. The second-order valence-electron chi connectivity index (χ2n) is 3.51. The van der Waals surface area contributed by atoms with Crippen molar-refractivity contribution in [2.24, 2.45) is 17.1 Å². The Morgan fingerprint density at radius 3 is 2.33 bits per heavy atom. The van der Waals surface area contributed by atoms with E-state index in [1.807, 2.05) is 0 Å². The van der Waals surface area contributed by atoms with E-state index in [9.17, 15) is 5.11 Å². The first-order valence-corrected chi connectivity index (χ1v) is 3.47. The summed E-state index contributed by atoms with van der Waals surface area (Å²) in [6.07, 6.45) is 0.773. The van der Waals surface area contributed by atoms with Crippen molar-refractivity contribution < 1.29 is 5.11 Å². The van der Waals surface area contributed by atoms with E-state index < -0.39 is 0 Å². The van der Waals surface area contributed by atoms with Crippen LogP contribution in [0.5, 0.6) is 0 Å². The zero-order chi connectivity index (χ0) is 7.07. The largest absolute Gasteiger partial charge is 0.393 e. The molecule has 0 amide bonds. The quantitative estimate of drug-likeness (QED) is 0.536. The lowest BCUT2D eigenvalue weighted by atomic mass is 9.60. The monoisotopic (exact) mass is 129 g/mol. The first-order chi connectivity index (χ1) is 4.09. The third kappa shape index (κ3) is 0.864. The van der Waals surface area contributed by atoms with Crippen molar-refractivity contribution in [3.05, 3.63) is 0 Å². The highest BCUT2D eigenvalue weighted by Crippen LogP contribution is 2.45. The predicted octanol–water partition coefficient (Wildman–Crippen LogP) is 0.352. The summed E-state index contributed by atoms with van der Waals surface area (Å²) in [6.45, 7) is 4.85. The summed E-state index contributed by atoms with van der Waals surface area (Å²) >= 11 is 0. The Kier molecular flexibility index (Phi) is 1.53. The van der Waals surface area contributed by atoms with Gasteiger partial charge in [-0.25, -0.2) is 0 Å². The summed E-state index contributed by atoms with van der Waals surface area (Å²) < 4.78 is 0. The normalized spacial score (nSPS) is 40.0. The fourth-order valence-electron chi connectivity index (χ4n) is 1.39. The Labute approximate surface area is 56.1 Å². The molecule has 0 unspecified atom stereocenters. The number of hydrogen-bond donors (Lipinski definition) is 2. The van der Waals surface area contributed by atoms with Crippen LogP contribution in [0, 0.1) is 11.3 Å². The van der Waals surface area contributed by atoms with E-state index in [1.54, 1.807) is 0 Å². The van der Waals surface area contributed by atoms with Gasteiger partial charge in [0.2, 0.25) is 0 Å². The highest BCUT2D eigenvalue weighted by Gasteiger charge is 2.45. The van der Waals surface area contributed by atoms with Crippen LogP contribution >= 0.6 is 0 Å². The molecular weight excluding hydrogens is 114 g/mol. The molecule has 2 heteroatoms. The molecule has 2 atom stereocenters. The van der Waals surface area contributed by atoms with Crippen LogP contribution in [0.3, 0.4) is 0 Å². The molecule has 0 aromatic rings. The van der Waals surface area contributed by atoms with E-state index >= 15 is 0 Å². The van der Waals surface area contributed by atoms with Crippen LogP contribution in [0.25, 0.3) is 0 Å². The second-order valence-corrected chi connectivity index (χ2v) is 3.51. The fourth-order valence-corrected chi connectivity index (χ4v) is 1.39. The molecule has 0 aromatic heterocycles. The first-order valence-electron chi connectivity index (χ1n) is 3.47. The number of nitrogens with two attached hydrogens (primary N) is 1. The van der Waals surface area contributed by atoms with Crippen LogP contribution < -0.4 is 5.73 Å². The van der Waals surface area contributed by atoms with Gasteiger partial charge in [0.1, 0.15) is 0 Å². The van der Waals surface area contributed by atoms with Gasteiger partial charge in [-0.15, -0.1) is 0 Å². The van der Waals surface area contributed by atoms with Gasteiger partial charge in [-0.05, 0) is 24.3 Å². The molecular formula is C7H15NO. The van der Waals surface area contributed by atoms with Crippen LogP contribution in [-0.4, -0.2) is 17.8 Å². The Morgan fingerprint density at radius 1 is 1.67 bits per heavy atom. The molecule has 0 aliphatic heterocycles. The molecule has 1 rings (SSSR count). The minimum atomic E-state index is -0.119. The van der Waals surface area contributed by atoms with Crippen LogP contribution in [0.2, 0.25) is 0 Å².